The third kappa shape index (κ3) is 3.61. The van der Waals surface area contributed by atoms with Gasteiger partial charge in [-0.3, -0.25) is 10.1 Å². The van der Waals surface area contributed by atoms with Gasteiger partial charge in [-0.05, 0) is 17.7 Å². The first-order valence-corrected chi connectivity index (χ1v) is 6.39. The van der Waals surface area contributed by atoms with E-state index in [9.17, 15) is 14.5 Å². The molecule has 110 valence electrons. The first kappa shape index (κ1) is 15.1. The van der Waals surface area contributed by atoms with Gasteiger partial charge in [-0.15, -0.1) is 0 Å². The molecule has 0 aromatic heterocycles. The molecule has 0 aliphatic rings. The van der Waals surface area contributed by atoms with E-state index in [1.54, 1.807) is 24.3 Å². The van der Waals surface area contributed by atoms with Crippen molar-refractivity contribution in [3.05, 3.63) is 62.9 Å². The van der Waals surface area contributed by atoms with Gasteiger partial charge in [0.05, 0.1) is 23.8 Å². The maximum atomic E-state index is 13.9. The number of hydrogen-bond acceptors (Lipinski definition) is 4. The Kier molecular flexibility index (Phi) is 4.59. The monoisotopic (exact) mass is 310 g/mol. The van der Waals surface area contributed by atoms with Crippen LogP contribution in [0.2, 0.25) is 5.02 Å². The number of nitrogens with one attached hydrogen (secondary N) is 1. The van der Waals surface area contributed by atoms with Crippen molar-refractivity contribution in [2.24, 2.45) is 0 Å². The van der Waals surface area contributed by atoms with Gasteiger partial charge in [-0.2, -0.15) is 0 Å². The Balaban J connectivity index is 2.20. The zero-order valence-corrected chi connectivity index (χ0v) is 11.9. The van der Waals surface area contributed by atoms with Crippen LogP contribution < -0.4 is 10.1 Å². The third-order valence-corrected chi connectivity index (χ3v) is 3.11. The lowest BCUT2D eigenvalue weighted by Crippen LogP contribution is -2.03. The summed E-state index contributed by atoms with van der Waals surface area (Å²) in [7, 11) is 1.29. The molecular weight excluding hydrogens is 299 g/mol. The maximum absolute atomic E-state index is 13.9. The van der Waals surface area contributed by atoms with Crippen LogP contribution in [0.3, 0.4) is 0 Å². The number of rotatable bonds is 5. The van der Waals surface area contributed by atoms with Crippen molar-refractivity contribution < 1.29 is 14.1 Å². The minimum atomic E-state index is -0.712. The summed E-state index contributed by atoms with van der Waals surface area (Å²) in [6.07, 6.45) is 0. The van der Waals surface area contributed by atoms with E-state index < -0.39 is 16.4 Å². The number of nitro benzene ring substituents is 1. The first-order valence-electron chi connectivity index (χ1n) is 6.01. The fourth-order valence-corrected chi connectivity index (χ4v) is 1.91. The molecule has 0 fully saturated rings. The van der Waals surface area contributed by atoms with Gasteiger partial charge in [0, 0.05) is 17.6 Å². The van der Waals surface area contributed by atoms with E-state index in [0.717, 1.165) is 11.6 Å². The molecule has 2 aromatic carbocycles. The number of halogens is 2. The number of ether oxygens (including phenoxy) is 1. The van der Waals surface area contributed by atoms with Crippen LogP contribution in [0, 0.1) is 15.9 Å². The van der Waals surface area contributed by atoms with Crippen molar-refractivity contribution in [1.82, 2.24) is 0 Å². The Morgan fingerprint density at radius 1 is 1.33 bits per heavy atom. The second-order valence-corrected chi connectivity index (χ2v) is 4.68. The van der Waals surface area contributed by atoms with E-state index in [-0.39, 0.29) is 11.4 Å². The summed E-state index contributed by atoms with van der Waals surface area (Å²) in [6, 6.07) is 9.16. The Labute approximate surface area is 125 Å². The zero-order valence-electron chi connectivity index (χ0n) is 11.1. The molecule has 0 spiro atoms. The number of anilines is 1. The molecule has 0 atom stereocenters. The molecule has 0 aliphatic carbocycles. The minimum Gasteiger partial charge on any atom is -0.490 e. The third-order valence-electron chi connectivity index (χ3n) is 2.86. The van der Waals surface area contributed by atoms with Gasteiger partial charge in [-0.25, -0.2) is 4.39 Å². The largest absolute Gasteiger partial charge is 0.490 e. The summed E-state index contributed by atoms with van der Waals surface area (Å²) >= 11 is 5.78. The summed E-state index contributed by atoms with van der Waals surface area (Å²) in [5, 5.41) is 14.3. The smallest absolute Gasteiger partial charge is 0.313 e. The van der Waals surface area contributed by atoms with Gasteiger partial charge in [-0.1, -0.05) is 23.7 Å². The van der Waals surface area contributed by atoms with Crippen LogP contribution in [-0.4, -0.2) is 12.0 Å². The standard InChI is InChI=1S/C14H12ClFN2O3/c1-21-14-7-12(11(16)6-13(14)18(19)20)17-8-9-2-4-10(15)5-3-9/h2-7,17H,8H2,1H3. The van der Waals surface area contributed by atoms with E-state index in [2.05, 4.69) is 5.32 Å². The lowest BCUT2D eigenvalue weighted by atomic mass is 10.2. The lowest BCUT2D eigenvalue weighted by Gasteiger charge is -2.10. The van der Waals surface area contributed by atoms with Crippen molar-refractivity contribution >= 4 is 23.0 Å². The highest BCUT2D eigenvalue weighted by Crippen LogP contribution is 2.32. The van der Waals surface area contributed by atoms with Crippen LogP contribution in [0.1, 0.15) is 5.56 Å². The highest BCUT2D eigenvalue weighted by molar-refractivity contribution is 6.30. The molecule has 0 unspecified atom stereocenters. The molecule has 21 heavy (non-hydrogen) atoms. The molecule has 1 N–H and O–H groups in total. The van der Waals surface area contributed by atoms with Gasteiger partial charge >= 0.3 is 5.69 Å². The molecule has 2 rings (SSSR count). The molecule has 5 nitrogen and oxygen atoms in total. The second-order valence-electron chi connectivity index (χ2n) is 4.24. The number of benzene rings is 2. The summed E-state index contributed by atoms with van der Waals surface area (Å²) < 4.78 is 18.8. The Morgan fingerprint density at radius 3 is 2.57 bits per heavy atom. The topological polar surface area (TPSA) is 64.4 Å². The second kappa shape index (κ2) is 6.41. The average Bonchev–Trinajstić information content (AvgIpc) is 2.47. The molecule has 0 bridgehead atoms. The Bertz CT molecular complexity index is 662. The maximum Gasteiger partial charge on any atom is 0.313 e. The van der Waals surface area contributed by atoms with Crippen LogP contribution in [0.25, 0.3) is 0 Å². The van der Waals surface area contributed by atoms with Crippen LogP contribution in [-0.2, 0) is 6.54 Å². The van der Waals surface area contributed by atoms with Crippen LogP contribution >= 0.6 is 11.6 Å². The van der Waals surface area contributed by atoms with Crippen LogP contribution in [0.15, 0.2) is 36.4 Å². The number of methoxy groups -OCH3 is 1. The zero-order chi connectivity index (χ0) is 15.4. The van der Waals surface area contributed by atoms with E-state index in [0.29, 0.717) is 11.6 Å². The Morgan fingerprint density at radius 2 is 2.00 bits per heavy atom. The minimum absolute atomic E-state index is 0.00000567. The average molecular weight is 311 g/mol. The molecule has 2 aromatic rings. The fourth-order valence-electron chi connectivity index (χ4n) is 1.78. The van der Waals surface area contributed by atoms with Crippen LogP contribution in [0.4, 0.5) is 15.8 Å². The summed E-state index contributed by atoms with van der Waals surface area (Å²) in [5.41, 5.74) is 0.621. The predicted octanol–water partition coefficient (Wildman–Crippen LogP) is 4.01. The Hall–Kier alpha value is -2.34. The summed E-state index contributed by atoms with van der Waals surface area (Å²) in [4.78, 5) is 10.1. The molecule has 0 aliphatic heterocycles. The van der Waals surface area contributed by atoms with Crippen molar-refractivity contribution in [2.75, 3.05) is 12.4 Å². The number of hydrogen-bond donors (Lipinski definition) is 1. The summed E-state index contributed by atoms with van der Waals surface area (Å²) in [5.74, 6) is -0.712. The highest BCUT2D eigenvalue weighted by atomic mass is 35.5. The van der Waals surface area contributed by atoms with Gasteiger partial charge in [0.1, 0.15) is 0 Å². The molecule has 7 heteroatoms. The van der Waals surface area contributed by atoms with E-state index >= 15 is 0 Å². The van der Waals surface area contributed by atoms with Gasteiger partial charge in [0.2, 0.25) is 0 Å². The SMILES string of the molecule is COc1cc(NCc2ccc(Cl)cc2)c(F)cc1[N+](=O)[O-]. The molecular formula is C14H12ClFN2O3. The van der Waals surface area contributed by atoms with Crippen molar-refractivity contribution in [3.63, 3.8) is 0 Å². The number of nitrogens with zero attached hydrogens (tertiary/aromatic N) is 1. The molecule has 0 radical (unpaired) electrons. The quantitative estimate of drug-likeness (QED) is 0.669. The highest BCUT2D eigenvalue weighted by Gasteiger charge is 2.19. The van der Waals surface area contributed by atoms with Gasteiger partial charge in [0.15, 0.2) is 11.6 Å². The molecule has 0 amide bonds. The van der Waals surface area contributed by atoms with E-state index in [4.69, 9.17) is 16.3 Å². The van der Waals surface area contributed by atoms with E-state index in [1.165, 1.54) is 13.2 Å². The number of nitro groups is 1. The fraction of sp³-hybridized carbons (Fsp3) is 0.143. The van der Waals surface area contributed by atoms with Crippen molar-refractivity contribution in [2.45, 2.75) is 6.54 Å². The van der Waals surface area contributed by atoms with Gasteiger partial charge in [0.25, 0.3) is 0 Å². The first-order chi connectivity index (χ1) is 10.0. The normalized spacial score (nSPS) is 10.2. The van der Waals surface area contributed by atoms with Crippen molar-refractivity contribution in [1.29, 1.82) is 0 Å². The summed E-state index contributed by atoms with van der Waals surface area (Å²) in [6.45, 7) is 0.356. The predicted molar refractivity (Wildman–Crippen MR) is 78.4 cm³/mol. The lowest BCUT2D eigenvalue weighted by molar-refractivity contribution is -0.385. The molecule has 0 saturated carbocycles. The van der Waals surface area contributed by atoms with E-state index in [1.807, 2.05) is 0 Å². The molecule has 0 saturated heterocycles. The molecule has 0 heterocycles. The van der Waals surface area contributed by atoms with Crippen molar-refractivity contribution in [3.8, 4) is 5.75 Å². The van der Waals surface area contributed by atoms with Crippen LogP contribution in [0.5, 0.6) is 5.75 Å². The van der Waals surface area contributed by atoms with Gasteiger partial charge < -0.3 is 10.1 Å².